The first-order valence-corrected chi connectivity index (χ1v) is 2.97. The third-order valence-corrected chi connectivity index (χ3v) is 1.39. The van der Waals surface area contributed by atoms with Crippen LogP contribution in [0.3, 0.4) is 0 Å². The van der Waals surface area contributed by atoms with Crippen LogP contribution in [0, 0.1) is 0 Å². The molecule has 14 heavy (non-hydrogen) atoms. The van der Waals surface area contributed by atoms with Crippen LogP contribution in [0.25, 0.3) is 0 Å². The van der Waals surface area contributed by atoms with E-state index in [0.29, 0.717) is 0 Å². The van der Waals surface area contributed by atoms with Crippen LogP contribution < -0.4 is 0 Å². The molecule has 0 aromatic rings. The summed E-state index contributed by atoms with van der Waals surface area (Å²) < 4.78 is 97.6. The predicted octanol–water partition coefficient (Wildman–Crippen LogP) is 2.76. The van der Waals surface area contributed by atoms with Crippen molar-refractivity contribution in [2.45, 2.75) is 24.4 Å². The monoisotopic (exact) mass is 232 g/mol. The molecule has 0 aliphatic rings. The van der Waals surface area contributed by atoms with Crippen molar-refractivity contribution < 1.29 is 39.9 Å². The largest absolute Gasteiger partial charge is 0.437 e. The molecule has 0 spiro atoms. The van der Waals surface area contributed by atoms with Crippen molar-refractivity contribution in [2.75, 3.05) is 7.11 Å². The second-order valence-corrected chi connectivity index (χ2v) is 2.23. The lowest BCUT2D eigenvalue weighted by molar-refractivity contribution is -0.400. The van der Waals surface area contributed by atoms with Gasteiger partial charge in [0.15, 0.2) is 0 Å². The van der Waals surface area contributed by atoms with E-state index in [4.69, 9.17) is 0 Å². The summed E-state index contributed by atoms with van der Waals surface area (Å²) in [6.07, 6.45) is -17.0. The fourth-order valence-electron chi connectivity index (χ4n) is 0.564. The maximum Gasteiger partial charge on any atom is 0.437 e. The van der Waals surface area contributed by atoms with Crippen LogP contribution in [-0.2, 0) is 4.74 Å². The summed E-state index contributed by atoms with van der Waals surface area (Å²) in [6, 6.07) is 0. The minimum Gasteiger partial charge on any atom is -0.321 e. The SMILES string of the molecule is COC(F)(F)C(F)(C(F)F)C(F)(F)F. The van der Waals surface area contributed by atoms with Gasteiger partial charge in [0.2, 0.25) is 0 Å². The molecule has 0 aromatic carbocycles. The average Bonchev–Trinajstić information content (AvgIpc) is 2.00. The molecule has 0 fully saturated rings. The fraction of sp³-hybridized carbons (Fsp3) is 1.00. The molecule has 0 amide bonds. The Balaban J connectivity index is 5.33. The van der Waals surface area contributed by atoms with Crippen molar-refractivity contribution in [1.82, 2.24) is 0 Å². The zero-order valence-electron chi connectivity index (χ0n) is 6.51. The highest BCUT2D eigenvalue weighted by molar-refractivity contribution is 4.97. The van der Waals surface area contributed by atoms with Crippen molar-refractivity contribution in [3.05, 3.63) is 0 Å². The van der Waals surface area contributed by atoms with Gasteiger partial charge in [-0.3, -0.25) is 0 Å². The lowest BCUT2D eigenvalue weighted by Gasteiger charge is -2.32. The minimum absolute atomic E-state index is 0.0115. The van der Waals surface area contributed by atoms with Crippen LogP contribution in [0.1, 0.15) is 0 Å². The molecule has 0 heterocycles. The van der Waals surface area contributed by atoms with Crippen molar-refractivity contribution in [3.63, 3.8) is 0 Å². The van der Waals surface area contributed by atoms with E-state index in [0.717, 1.165) is 0 Å². The van der Waals surface area contributed by atoms with Crippen molar-refractivity contribution in [3.8, 4) is 0 Å². The molecule has 0 saturated carbocycles. The second-order valence-electron chi connectivity index (χ2n) is 2.23. The molecule has 0 aromatic heterocycles. The summed E-state index contributed by atoms with van der Waals surface area (Å²) in [5.41, 5.74) is -6.01. The van der Waals surface area contributed by atoms with Gasteiger partial charge in [0, 0.05) is 7.11 Å². The van der Waals surface area contributed by atoms with Crippen LogP contribution in [-0.4, -0.2) is 31.5 Å². The summed E-state index contributed by atoms with van der Waals surface area (Å²) in [6.45, 7) is 0. The zero-order valence-corrected chi connectivity index (χ0v) is 6.51. The Hall–Kier alpha value is -0.600. The number of alkyl halides is 8. The molecule has 86 valence electrons. The highest BCUT2D eigenvalue weighted by atomic mass is 19.4. The van der Waals surface area contributed by atoms with Gasteiger partial charge >= 0.3 is 18.0 Å². The molecule has 0 saturated heterocycles. The van der Waals surface area contributed by atoms with E-state index in [1.54, 1.807) is 0 Å². The van der Waals surface area contributed by atoms with Crippen LogP contribution >= 0.6 is 0 Å². The second kappa shape index (κ2) is 3.52. The van der Waals surface area contributed by atoms with Crippen LogP contribution in [0.15, 0.2) is 0 Å². The van der Waals surface area contributed by atoms with Gasteiger partial charge in [0.25, 0.3) is 6.43 Å². The van der Waals surface area contributed by atoms with Gasteiger partial charge in [-0.25, -0.2) is 13.2 Å². The van der Waals surface area contributed by atoms with Crippen molar-refractivity contribution >= 4 is 0 Å². The lowest BCUT2D eigenvalue weighted by atomic mass is 10.1. The molecule has 0 aliphatic heterocycles. The van der Waals surface area contributed by atoms with E-state index in [2.05, 4.69) is 4.74 Å². The Morgan fingerprint density at radius 1 is 0.929 bits per heavy atom. The summed E-state index contributed by atoms with van der Waals surface area (Å²) in [7, 11) is -0.0115. The highest BCUT2D eigenvalue weighted by Gasteiger charge is 2.77. The number of hydrogen-bond donors (Lipinski definition) is 0. The number of ether oxygens (including phenoxy) is 1. The molecule has 0 rings (SSSR count). The number of rotatable bonds is 3. The quantitative estimate of drug-likeness (QED) is 0.680. The Labute approximate surface area is 72.6 Å². The van der Waals surface area contributed by atoms with Gasteiger partial charge in [-0.2, -0.15) is 22.0 Å². The fourth-order valence-corrected chi connectivity index (χ4v) is 0.564. The van der Waals surface area contributed by atoms with E-state index in [9.17, 15) is 35.1 Å². The molecule has 0 radical (unpaired) electrons. The molecular formula is C5H4F8O. The van der Waals surface area contributed by atoms with Crippen LogP contribution in [0.2, 0.25) is 0 Å². The number of methoxy groups -OCH3 is 1. The van der Waals surface area contributed by atoms with Crippen LogP contribution in [0.5, 0.6) is 0 Å². The molecule has 1 unspecified atom stereocenters. The smallest absolute Gasteiger partial charge is 0.321 e. The predicted molar refractivity (Wildman–Crippen MR) is 27.9 cm³/mol. The Morgan fingerprint density at radius 3 is 1.36 bits per heavy atom. The normalized spacial score (nSPS) is 18.4. The van der Waals surface area contributed by atoms with Crippen molar-refractivity contribution in [2.24, 2.45) is 0 Å². The molecule has 9 heteroatoms. The topological polar surface area (TPSA) is 9.23 Å². The first kappa shape index (κ1) is 13.4. The summed E-state index contributed by atoms with van der Waals surface area (Å²) in [5, 5.41) is 0. The summed E-state index contributed by atoms with van der Waals surface area (Å²) >= 11 is 0. The maximum atomic E-state index is 12.4. The standard InChI is InChI=1S/C5H4F8O/c1-14-5(12,13)3(8,2(6)7)4(9,10)11/h2H,1H3. The molecule has 0 bridgehead atoms. The van der Waals surface area contributed by atoms with Crippen LogP contribution in [0.4, 0.5) is 35.1 Å². The molecule has 1 nitrogen and oxygen atoms in total. The third kappa shape index (κ3) is 1.77. The van der Waals surface area contributed by atoms with E-state index >= 15 is 0 Å². The van der Waals surface area contributed by atoms with Gasteiger partial charge in [0.1, 0.15) is 0 Å². The van der Waals surface area contributed by atoms with E-state index in [1.165, 1.54) is 0 Å². The van der Waals surface area contributed by atoms with Gasteiger partial charge < -0.3 is 4.74 Å². The Bertz CT molecular complexity index is 198. The minimum atomic E-state index is -6.43. The van der Waals surface area contributed by atoms with E-state index < -0.39 is 24.4 Å². The molecule has 1 atom stereocenters. The van der Waals surface area contributed by atoms with Gasteiger partial charge in [0.05, 0.1) is 0 Å². The van der Waals surface area contributed by atoms with Gasteiger partial charge in [-0.1, -0.05) is 0 Å². The highest BCUT2D eigenvalue weighted by Crippen LogP contribution is 2.49. The summed E-state index contributed by atoms with van der Waals surface area (Å²) in [4.78, 5) is 0. The van der Waals surface area contributed by atoms with E-state index in [1.807, 2.05) is 0 Å². The zero-order chi connectivity index (χ0) is 11.8. The third-order valence-electron chi connectivity index (χ3n) is 1.39. The van der Waals surface area contributed by atoms with E-state index in [-0.39, 0.29) is 7.11 Å². The molecular weight excluding hydrogens is 228 g/mol. The maximum absolute atomic E-state index is 12.4. The van der Waals surface area contributed by atoms with Crippen molar-refractivity contribution in [1.29, 1.82) is 0 Å². The number of halogens is 8. The number of hydrogen-bond acceptors (Lipinski definition) is 1. The first-order valence-electron chi connectivity index (χ1n) is 2.97. The lowest BCUT2D eigenvalue weighted by Crippen LogP contribution is -2.61. The van der Waals surface area contributed by atoms with Gasteiger partial charge in [-0.05, 0) is 0 Å². The Morgan fingerprint density at radius 2 is 1.29 bits per heavy atom. The van der Waals surface area contributed by atoms with Gasteiger partial charge in [-0.15, -0.1) is 0 Å². The molecule has 0 N–H and O–H groups in total. The molecule has 0 aliphatic carbocycles. The first-order chi connectivity index (χ1) is 6.00. The summed E-state index contributed by atoms with van der Waals surface area (Å²) in [5.74, 6) is 0. The Kier molecular flexibility index (Phi) is 3.37. The average molecular weight is 232 g/mol.